The lowest BCUT2D eigenvalue weighted by Crippen LogP contribution is -2.54. The standard InChI is InChI=1S/C31H35Cl2N3O4S/c1-35(41(39,40)27-18-16-25(32)17-19-27)22-30(37)36(21-24-12-8-9-15-28(24)33)29(20-23-10-4-2-5-11-23)31(38)34-26-13-6-3-7-14-26/h2,4-5,8-12,15-19,26,29H,3,6-7,13-14,20-22H2,1H3,(H,34,38)/t29-/m0/s1. The zero-order valence-electron chi connectivity index (χ0n) is 23.0. The van der Waals surface area contributed by atoms with Crippen molar-refractivity contribution in [2.45, 2.75) is 62.0 Å². The molecule has 3 aromatic carbocycles. The first-order valence-corrected chi connectivity index (χ1v) is 15.9. The molecule has 4 rings (SSSR count). The van der Waals surface area contributed by atoms with Gasteiger partial charge in [-0.05, 0) is 54.3 Å². The smallest absolute Gasteiger partial charge is 0.243 e. The van der Waals surface area contributed by atoms with E-state index in [2.05, 4.69) is 5.32 Å². The Bertz CT molecular complexity index is 1430. The van der Waals surface area contributed by atoms with Gasteiger partial charge < -0.3 is 10.2 Å². The van der Waals surface area contributed by atoms with Gasteiger partial charge in [-0.2, -0.15) is 4.31 Å². The molecule has 0 spiro atoms. The molecule has 0 aromatic heterocycles. The first-order chi connectivity index (χ1) is 19.6. The Labute approximate surface area is 252 Å². The third-order valence-electron chi connectivity index (χ3n) is 7.40. The van der Waals surface area contributed by atoms with E-state index >= 15 is 0 Å². The SMILES string of the molecule is CN(CC(=O)N(Cc1ccccc1Cl)[C@@H](Cc1ccccc1)C(=O)NC1CCCCC1)S(=O)(=O)c1ccc(Cl)cc1. The molecule has 41 heavy (non-hydrogen) atoms. The maximum absolute atomic E-state index is 14.0. The number of carbonyl (C=O) groups excluding carboxylic acids is 2. The Morgan fingerprint density at radius 2 is 1.54 bits per heavy atom. The van der Waals surface area contributed by atoms with Crippen LogP contribution >= 0.6 is 23.2 Å². The Hall–Kier alpha value is -2.91. The van der Waals surface area contributed by atoms with Gasteiger partial charge in [0.1, 0.15) is 6.04 Å². The van der Waals surface area contributed by atoms with Gasteiger partial charge in [-0.1, -0.05) is 91.0 Å². The molecule has 2 amide bonds. The summed E-state index contributed by atoms with van der Waals surface area (Å²) in [6.07, 6.45) is 5.29. The molecule has 0 unspecified atom stereocenters. The number of sulfonamides is 1. The van der Waals surface area contributed by atoms with Gasteiger partial charge in [0.15, 0.2) is 0 Å². The molecular weight excluding hydrogens is 581 g/mol. The van der Waals surface area contributed by atoms with E-state index in [-0.39, 0.29) is 29.8 Å². The third kappa shape index (κ3) is 8.32. The average molecular weight is 617 g/mol. The summed E-state index contributed by atoms with van der Waals surface area (Å²) < 4.78 is 27.6. The molecule has 0 saturated heterocycles. The highest BCUT2D eigenvalue weighted by atomic mass is 35.5. The van der Waals surface area contributed by atoms with Crippen molar-refractivity contribution in [1.82, 2.24) is 14.5 Å². The van der Waals surface area contributed by atoms with E-state index in [1.165, 1.54) is 36.2 Å². The first-order valence-electron chi connectivity index (χ1n) is 13.7. The van der Waals surface area contributed by atoms with Crippen LogP contribution in [0.4, 0.5) is 0 Å². The number of hydrogen-bond acceptors (Lipinski definition) is 4. The molecule has 1 aliphatic rings. The number of carbonyl (C=O) groups is 2. The molecule has 1 fully saturated rings. The third-order valence-corrected chi connectivity index (χ3v) is 9.84. The molecule has 0 aliphatic heterocycles. The van der Waals surface area contributed by atoms with Crippen LogP contribution in [0.1, 0.15) is 43.2 Å². The summed E-state index contributed by atoms with van der Waals surface area (Å²) in [4.78, 5) is 29.4. The van der Waals surface area contributed by atoms with Gasteiger partial charge in [0.05, 0.1) is 11.4 Å². The fraction of sp³-hybridized carbons (Fsp3) is 0.355. The fourth-order valence-electron chi connectivity index (χ4n) is 5.06. The van der Waals surface area contributed by atoms with Crippen LogP contribution in [-0.2, 0) is 32.6 Å². The Balaban J connectivity index is 1.66. The molecule has 7 nitrogen and oxygen atoms in total. The topological polar surface area (TPSA) is 86.8 Å². The highest BCUT2D eigenvalue weighted by Gasteiger charge is 2.34. The van der Waals surface area contributed by atoms with Gasteiger partial charge in [0.25, 0.3) is 0 Å². The number of halogens is 2. The minimum Gasteiger partial charge on any atom is -0.352 e. The van der Waals surface area contributed by atoms with E-state index in [4.69, 9.17) is 23.2 Å². The summed E-state index contributed by atoms with van der Waals surface area (Å²) in [6, 6.07) is 21.6. The summed E-state index contributed by atoms with van der Waals surface area (Å²) in [5, 5.41) is 4.04. The Morgan fingerprint density at radius 1 is 0.902 bits per heavy atom. The van der Waals surface area contributed by atoms with E-state index in [9.17, 15) is 18.0 Å². The molecule has 3 aromatic rings. The predicted molar refractivity (Wildman–Crippen MR) is 162 cm³/mol. The van der Waals surface area contributed by atoms with Crippen LogP contribution in [0.25, 0.3) is 0 Å². The number of nitrogens with one attached hydrogen (secondary N) is 1. The monoisotopic (exact) mass is 615 g/mol. The summed E-state index contributed by atoms with van der Waals surface area (Å²) in [7, 11) is -2.64. The predicted octanol–water partition coefficient (Wildman–Crippen LogP) is 5.70. The largest absolute Gasteiger partial charge is 0.352 e. The molecule has 0 heterocycles. The van der Waals surface area contributed by atoms with Crippen molar-refractivity contribution >= 4 is 45.0 Å². The van der Waals surface area contributed by atoms with Gasteiger partial charge in [0.2, 0.25) is 21.8 Å². The van der Waals surface area contributed by atoms with Gasteiger partial charge in [-0.3, -0.25) is 9.59 Å². The molecule has 218 valence electrons. The first kappa shape index (κ1) is 31.0. The molecule has 1 saturated carbocycles. The highest BCUT2D eigenvalue weighted by molar-refractivity contribution is 7.89. The summed E-state index contributed by atoms with van der Waals surface area (Å²) >= 11 is 12.4. The summed E-state index contributed by atoms with van der Waals surface area (Å²) in [5.74, 6) is -0.769. The maximum atomic E-state index is 14.0. The second-order valence-corrected chi connectivity index (χ2v) is 13.3. The number of hydrogen-bond donors (Lipinski definition) is 1. The summed E-state index contributed by atoms with van der Waals surface area (Å²) in [6.45, 7) is -0.416. The molecular formula is C31H35Cl2N3O4S. The van der Waals surface area contributed by atoms with Crippen molar-refractivity contribution in [3.8, 4) is 0 Å². The second-order valence-electron chi connectivity index (χ2n) is 10.4. The van der Waals surface area contributed by atoms with E-state index in [1.807, 2.05) is 36.4 Å². The van der Waals surface area contributed by atoms with Crippen molar-refractivity contribution in [3.63, 3.8) is 0 Å². The molecule has 10 heteroatoms. The van der Waals surface area contributed by atoms with Gasteiger partial charge in [0, 0.05) is 36.1 Å². The lowest BCUT2D eigenvalue weighted by Gasteiger charge is -2.34. The van der Waals surface area contributed by atoms with Gasteiger partial charge in [-0.15, -0.1) is 0 Å². The molecule has 1 atom stereocenters. The number of rotatable bonds is 11. The van der Waals surface area contributed by atoms with E-state index in [0.717, 1.165) is 42.0 Å². The fourth-order valence-corrected chi connectivity index (χ4v) is 6.50. The van der Waals surface area contributed by atoms with E-state index in [1.54, 1.807) is 18.2 Å². The van der Waals surface area contributed by atoms with Crippen LogP contribution in [0.2, 0.25) is 10.0 Å². The van der Waals surface area contributed by atoms with Crippen LogP contribution in [0.3, 0.4) is 0 Å². The van der Waals surface area contributed by atoms with Crippen LogP contribution in [0.15, 0.2) is 83.8 Å². The highest BCUT2D eigenvalue weighted by Crippen LogP contribution is 2.23. The van der Waals surface area contributed by atoms with Gasteiger partial charge >= 0.3 is 0 Å². The zero-order chi connectivity index (χ0) is 29.4. The minimum absolute atomic E-state index is 0.0192. The lowest BCUT2D eigenvalue weighted by atomic mass is 9.94. The number of nitrogens with zero attached hydrogens (tertiary/aromatic N) is 2. The van der Waals surface area contributed by atoms with Crippen LogP contribution in [-0.4, -0.2) is 55.1 Å². The Kier molecular flexibility index (Phi) is 10.8. The van der Waals surface area contributed by atoms with E-state index in [0.29, 0.717) is 15.6 Å². The number of benzene rings is 3. The van der Waals surface area contributed by atoms with Crippen LogP contribution in [0, 0.1) is 0 Å². The van der Waals surface area contributed by atoms with Crippen molar-refractivity contribution in [2.24, 2.45) is 0 Å². The van der Waals surface area contributed by atoms with E-state index < -0.39 is 28.5 Å². The lowest BCUT2D eigenvalue weighted by molar-refractivity contribution is -0.141. The van der Waals surface area contributed by atoms with Crippen molar-refractivity contribution in [3.05, 3.63) is 100 Å². The quantitative estimate of drug-likeness (QED) is 0.300. The zero-order valence-corrected chi connectivity index (χ0v) is 25.3. The van der Waals surface area contributed by atoms with Crippen LogP contribution < -0.4 is 5.32 Å². The van der Waals surface area contributed by atoms with Crippen molar-refractivity contribution in [2.75, 3.05) is 13.6 Å². The minimum atomic E-state index is -3.99. The van der Waals surface area contributed by atoms with Crippen molar-refractivity contribution < 1.29 is 18.0 Å². The van der Waals surface area contributed by atoms with Crippen LogP contribution in [0.5, 0.6) is 0 Å². The molecule has 1 aliphatic carbocycles. The summed E-state index contributed by atoms with van der Waals surface area (Å²) in [5.41, 5.74) is 1.55. The molecule has 0 radical (unpaired) electrons. The Morgan fingerprint density at radius 3 is 2.20 bits per heavy atom. The number of amides is 2. The second kappa shape index (κ2) is 14.3. The number of likely N-dealkylation sites (N-methyl/N-ethyl adjacent to an activating group) is 1. The maximum Gasteiger partial charge on any atom is 0.243 e. The molecule has 0 bridgehead atoms. The average Bonchev–Trinajstić information content (AvgIpc) is 2.97. The van der Waals surface area contributed by atoms with Gasteiger partial charge in [-0.25, -0.2) is 8.42 Å². The molecule has 1 N–H and O–H groups in total. The normalized spacial score (nSPS) is 14.9. The van der Waals surface area contributed by atoms with Crippen molar-refractivity contribution in [1.29, 1.82) is 0 Å².